The summed E-state index contributed by atoms with van der Waals surface area (Å²) in [6.07, 6.45) is 6.11. The third-order valence-electron chi connectivity index (χ3n) is 1.33. The van der Waals surface area contributed by atoms with Crippen LogP contribution in [0.25, 0.3) is 0 Å². The van der Waals surface area contributed by atoms with E-state index in [2.05, 4.69) is 6.58 Å². The smallest absolute Gasteiger partial charge is 0.327 e. The fourth-order valence-corrected chi connectivity index (χ4v) is 0.826. The third-order valence-corrected chi connectivity index (χ3v) is 1.33. The Labute approximate surface area is 80.9 Å². The van der Waals surface area contributed by atoms with Crippen LogP contribution >= 0.6 is 0 Å². The molecule has 0 spiro atoms. The van der Waals surface area contributed by atoms with Crippen molar-refractivity contribution >= 4 is 0 Å². The molecule has 0 bridgehead atoms. The standard InChI is InChI=1S/C11H19O2/c1-5-6-7-8-9-10(12)13-11(2,3)4/h5,9H,1,6-8H2,2-4H3. The van der Waals surface area contributed by atoms with Crippen LogP contribution in [-0.2, 0) is 9.84 Å². The number of rotatable bonds is 5. The lowest BCUT2D eigenvalue weighted by atomic mass is 10.2. The van der Waals surface area contributed by atoms with E-state index in [1.165, 1.54) is 0 Å². The average molecular weight is 183 g/mol. The molecule has 0 atom stereocenters. The summed E-state index contributed by atoms with van der Waals surface area (Å²) in [5.41, 5.74) is -0.383. The van der Waals surface area contributed by atoms with Gasteiger partial charge in [-0.2, -0.15) is 0 Å². The van der Waals surface area contributed by atoms with Gasteiger partial charge in [-0.25, -0.2) is 5.11 Å². The van der Waals surface area contributed by atoms with Gasteiger partial charge in [0.2, 0.25) is 0 Å². The first-order chi connectivity index (χ1) is 5.95. The van der Waals surface area contributed by atoms with Crippen molar-refractivity contribution in [2.45, 2.75) is 45.6 Å². The van der Waals surface area contributed by atoms with Crippen LogP contribution in [0.15, 0.2) is 24.7 Å². The summed E-state index contributed by atoms with van der Waals surface area (Å²) < 4.78 is 5.10. The zero-order valence-corrected chi connectivity index (χ0v) is 8.80. The molecule has 2 heteroatoms. The van der Waals surface area contributed by atoms with Crippen molar-refractivity contribution in [3.63, 3.8) is 0 Å². The molecule has 75 valence electrons. The molecule has 0 saturated carbocycles. The Balaban J connectivity index is 3.69. The SMILES string of the molecule is C=CCCCC=C([O])OC(C)(C)C. The topological polar surface area (TPSA) is 29.1 Å². The van der Waals surface area contributed by atoms with Gasteiger partial charge in [-0.15, -0.1) is 6.58 Å². The van der Waals surface area contributed by atoms with Gasteiger partial charge in [0.05, 0.1) is 0 Å². The minimum atomic E-state index is -0.383. The molecule has 13 heavy (non-hydrogen) atoms. The molecule has 0 aliphatic heterocycles. The molecule has 0 fully saturated rings. The Morgan fingerprint density at radius 1 is 1.38 bits per heavy atom. The van der Waals surface area contributed by atoms with Crippen LogP contribution in [0.5, 0.6) is 0 Å². The molecular formula is C11H19O2. The molecule has 0 aliphatic carbocycles. The Hall–Kier alpha value is -0.920. The fourth-order valence-electron chi connectivity index (χ4n) is 0.826. The zero-order chi connectivity index (χ0) is 10.3. The number of allylic oxidation sites excluding steroid dienone is 2. The van der Waals surface area contributed by atoms with E-state index in [9.17, 15) is 5.11 Å². The second-order valence-electron chi connectivity index (χ2n) is 3.96. The maximum absolute atomic E-state index is 11.1. The van der Waals surface area contributed by atoms with Crippen LogP contribution < -0.4 is 0 Å². The number of hydrogen-bond donors (Lipinski definition) is 0. The maximum atomic E-state index is 11.1. The van der Waals surface area contributed by atoms with Crippen LogP contribution in [0.2, 0.25) is 0 Å². The molecule has 1 radical (unpaired) electrons. The number of ether oxygens (including phenoxy) is 1. The van der Waals surface area contributed by atoms with Crippen LogP contribution in [0, 0.1) is 0 Å². The highest BCUT2D eigenvalue weighted by Gasteiger charge is 2.13. The van der Waals surface area contributed by atoms with Crippen LogP contribution in [0.4, 0.5) is 0 Å². The highest BCUT2D eigenvalue weighted by molar-refractivity contribution is 4.84. The Morgan fingerprint density at radius 3 is 2.46 bits per heavy atom. The quantitative estimate of drug-likeness (QED) is 0.364. The minimum absolute atomic E-state index is 0.225. The molecule has 0 aromatic heterocycles. The monoisotopic (exact) mass is 183 g/mol. The molecule has 0 aromatic carbocycles. The molecular weight excluding hydrogens is 164 g/mol. The van der Waals surface area contributed by atoms with Gasteiger partial charge < -0.3 is 4.74 Å². The highest BCUT2D eigenvalue weighted by atomic mass is 16.6. The van der Waals surface area contributed by atoms with E-state index in [1.54, 1.807) is 6.08 Å². The number of unbranched alkanes of at least 4 members (excludes halogenated alkanes) is 2. The lowest BCUT2D eigenvalue weighted by molar-refractivity contribution is -0.0385. The predicted octanol–water partition coefficient (Wildman–Crippen LogP) is 3.43. The van der Waals surface area contributed by atoms with Gasteiger partial charge in [-0.05, 0) is 40.0 Å². The minimum Gasteiger partial charge on any atom is -0.457 e. The van der Waals surface area contributed by atoms with Gasteiger partial charge in [0.15, 0.2) is 0 Å². The first kappa shape index (κ1) is 12.1. The predicted molar refractivity (Wildman–Crippen MR) is 53.7 cm³/mol. The van der Waals surface area contributed by atoms with Crippen LogP contribution in [0.1, 0.15) is 40.0 Å². The molecule has 0 aliphatic rings. The van der Waals surface area contributed by atoms with Crippen LogP contribution in [-0.4, -0.2) is 5.60 Å². The Morgan fingerprint density at radius 2 is 2.00 bits per heavy atom. The summed E-state index contributed by atoms with van der Waals surface area (Å²) in [6, 6.07) is 0. The molecule has 0 heterocycles. The van der Waals surface area contributed by atoms with Gasteiger partial charge >= 0.3 is 5.95 Å². The zero-order valence-electron chi connectivity index (χ0n) is 8.80. The van der Waals surface area contributed by atoms with Crippen molar-refractivity contribution in [3.05, 3.63) is 24.7 Å². The molecule has 2 nitrogen and oxygen atoms in total. The van der Waals surface area contributed by atoms with E-state index < -0.39 is 0 Å². The van der Waals surface area contributed by atoms with Crippen molar-refractivity contribution < 1.29 is 9.84 Å². The first-order valence-corrected chi connectivity index (χ1v) is 4.63. The summed E-state index contributed by atoms with van der Waals surface area (Å²) >= 11 is 0. The van der Waals surface area contributed by atoms with Gasteiger partial charge in [0.1, 0.15) is 5.60 Å². The van der Waals surface area contributed by atoms with E-state index >= 15 is 0 Å². The summed E-state index contributed by atoms with van der Waals surface area (Å²) in [6.45, 7) is 9.20. The summed E-state index contributed by atoms with van der Waals surface area (Å²) in [4.78, 5) is 0. The summed E-state index contributed by atoms with van der Waals surface area (Å²) in [5.74, 6) is -0.225. The Bertz CT molecular complexity index is 175. The molecule has 0 N–H and O–H groups in total. The third kappa shape index (κ3) is 8.99. The molecule has 0 saturated heterocycles. The van der Waals surface area contributed by atoms with Gasteiger partial charge in [-0.1, -0.05) is 6.08 Å². The largest absolute Gasteiger partial charge is 0.457 e. The molecule has 0 rings (SSSR count). The second kappa shape index (κ2) is 5.68. The van der Waals surface area contributed by atoms with Crippen molar-refractivity contribution in [3.8, 4) is 0 Å². The van der Waals surface area contributed by atoms with E-state index in [-0.39, 0.29) is 11.5 Å². The molecule has 0 aromatic rings. The van der Waals surface area contributed by atoms with Crippen molar-refractivity contribution in [2.75, 3.05) is 0 Å². The van der Waals surface area contributed by atoms with Gasteiger partial charge in [-0.3, -0.25) is 0 Å². The number of hydrogen-bond acceptors (Lipinski definition) is 1. The van der Waals surface area contributed by atoms with E-state index in [4.69, 9.17) is 4.74 Å². The van der Waals surface area contributed by atoms with Gasteiger partial charge in [0, 0.05) is 6.08 Å². The van der Waals surface area contributed by atoms with Crippen LogP contribution in [0.3, 0.4) is 0 Å². The van der Waals surface area contributed by atoms with E-state index in [0.29, 0.717) is 0 Å². The average Bonchev–Trinajstić information content (AvgIpc) is 1.94. The molecule has 0 unspecified atom stereocenters. The summed E-state index contributed by atoms with van der Waals surface area (Å²) in [7, 11) is 0. The highest BCUT2D eigenvalue weighted by Crippen LogP contribution is 2.12. The maximum Gasteiger partial charge on any atom is 0.327 e. The van der Waals surface area contributed by atoms with Crippen molar-refractivity contribution in [1.82, 2.24) is 0 Å². The first-order valence-electron chi connectivity index (χ1n) is 4.63. The van der Waals surface area contributed by atoms with Gasteiger partial charge in [0.25, 0.3) is 0 Å². The lowest BCUT2D eigenvalue weighted by Gasteiger charge is -2.18. The molecule has 0 amide bonds. The van der Waals surface area contributed by atoms with E-state index in [1.807, 2.05) is 26.8 Å². The fraction of sp³-hybridized carbons (Fsp3) is 0.636. The lowest BCUT2D eigenvalue weighted by Crippen LogP contribution is -2.18. The normalized spacial score (nSPS) is 12.7. The van der Waals surface area contributed by atoms with E-state index in [0.717, 1.165) is 19.3 Å². The van der Waals surface area contributed by atoms with Crippen molar-refractivity contribution in [2.24, 2.45) is 0 Å². The summed E-state index contributed by atoms with van der Waals surface area (Å²) in [5, 5.41) is 11.1. The second-order valence-corrected chi connectivity index (χ2v) is 3.96. The van der Waals surface area contributed by atoms with Crippen molar-refractivity contribution in [1.29, 1.82) is 0 Å². The Kier molecular flexibility index (Phi) is 5.28.